The smallest absolute Gasteiger partial charge is 0.248 e. The van der Waals surface area contributed by atoms with Gasteiger partial charge in [-0.1, -0.05) is 6.07 Å². The molecule has 7 nitrogen and oxygen atoms in total. The summed E-state index contributed by atoms with van der Waals surface area (Å²) in [4.78, 5) is 26.9. The Labute approximate surface area is 116 Å². The highest BCUT2D eigenvalue weighted by Crippen LogP contribution is 2.13. The third-order valence-electron chi connectivity index (χ3n) is 2.91. The van der Waals surface area contributed by atoms with Crippen LogP contribution in [0, 0.1) is 5.92 Å². The van der Waals surface area contributed by atoms with E-state index < -0.39 is 0 Å². The van der Waals surface area contributed by atoms with Crippen LogP contribution in [0.4, 0.5) is 0 Å². The molecule has 20 heavy (non-hydrogen) atoms. The van der Waals surface area contributed by atoms with Crippen LogP contribution in [0.5, 0.6) is 0 Å². The second-order valence-corrected chi connectivity index (χ2v) is 4.40. The molecule has 0 saturated heterocycles. The molecule has 2 rings (SSSR count). The minimum Gasteiger partial charge on any atom is -0.273 e. The van der Waals surface area contributed by atoms with Gasteiger partial charge in [0, 0.05) is 30.1 Å². The maximum Gasteiger partial charge on any atom is 0.248 e. The van der Waals surface area contributed by atoms with Gasteiger partial charge in [0.2, 0.25) is 11.8 Å². The van der Waals surface area contributed by atoms with E-state index in [0.29, 0.717) is 12.1 Å². The Balaban J connectivity index is 1.75. The largest absolute Gasteiger partial charge is 0.273 e. The van der Waals surface area contributed by atoms with Crippen LogP contribution < -0.4 is 10.9 Å². The molecule has 1 aliphatic rings. The summed E-state index contributed by atoms with van der Waals surface area (Å²) in [6.45, 7) is 1.76. The van der Waals surface area contributed by atoms with Crippen LogP contribution in [0.2, 0.25) is 0 Å². The quantitative estimate of drug-likeness (QED) is 0.601. The highest BCUT2D eigenvalue weighted by atomic mass is 16.2. The van der Waals surface area contributed by atoms with Gasteiger partial charge in [0.25, 0.3) is 0 Å². The Morgan fingerprint density at radius 3 is 3.10 bits per heavy atom. The molecule has 1 aliphatic heterocycles. The number of aromatic nitrogens is 1. The van der Waals surface area contributed by atoms with E-state index in [1.165, 1.54) is 6.21 Å². The van der Waals surface area contributed by atoms with Crippen molar-refractivity contribution in [2.75, 3.05) is 0 Å². The summed E-state index contributed by atoms with van der Waals surface area (Å²) in [5.74, 6) is -0.713. The number of hydrogen-bond donors (Lipinski definition) is 2. The van der Waals surface area contributed by atoms with Crippen molar-refractivity contribution in [2.24, 2.45) is 16.1 Å². The normalized spacial score (nSPS) is 17.9. The molecule has 2 heterocycles. The number of hydrazone groups is 2. The molecule has 0 aromatic carbocycles. The van der Waals surface area contributed by atoms with Crippen molar-refractivity contribution in [3.8, 4) is 0 Å². The van der Waals surface area contributed by atoms with Gasteiger partial charge in [-0.3, -0.25) is 14.6 Å². The Kier molecular flexibility index (Phi) is 4.54. The van der Waals surface area contributed by atoms with Crippen LogP contribution in [0.15, 0.2) is 34.7 Å². The molecule has 0 bridgehead atoms. The first kappa shape index (κ1) is 13.9. The molecule has 0 spiro atoms. The van der Waals surface area contributed by atoms with Crippen molar-refractivity contribution >= 4 is 23.7 Å². The minimum absolute atomic E-state index is 0.158. The summed E-state index contributed by atoms with van der Waals surface area (Å²) in [7, 11) is 0. The molecule has 2 amide bonds. The minimum atomic E-state index is -0.317. The Hall–Kier alpha value is -2.57. The fraction of sp³-hybridized carbons (Fsp3) is 0.308. The van der Waals surface area contributed by atoms with Gasteiger partial charge < -0.3 is 0 Å². The number of carbonyl (C=O) groups excluding carboxylic acids is 2. The van der Waals surface area contributed by atoms with Gasteiger partial charge in [-0.05, 0) is 19.4 Å². The molecule has 104 valence electrons. The summed E-state index contributed by atoms with van der Waals surface area (Å²) in [5, 5.41) is 7.66. The van der Waals surface area contributed by atoms with Gasteiger partial charge in [-0.25, -0.2) is 10.9 Å². The summed E-state index contributed by atoms with van der Waals surface area (Å²) >= 11 is 0. The number of amides is 2. The monoisotopic (exact) mass is 273 g/mol. The SMILES string of the molecule is CC1=NNC(=O)C1CCC(=O)NN=Cc1cccnc1. The van der Waals surface area contributed by atoms with Crippen LogP contribution >= 0.6 is 0 Å². The first-order valence-electron chi connectivity index (χ1n) is 6.23. The Bertz CT molecular complexity index is 553. The van der Waals surface area contributed by atoms with Crippen molar-refractivity contribution in [1.82, 2.24) is 15.8 Å². The molecular formula is C13H15N5O2. The number of rotatable bonds is 5. The zero-order valence-corrected chi connectivity index (χ0v) is 11.0. The van der Waals surface area contributed by atoms with E-state index in [9.17, 15) is 9.59 Å². The van der Waals surface area contributed by atoms with E-state index in [-0.39, 0.29) is 24.2 Å². The number of nitrogens with zero attached hydrogens (tertiary/aromatic N) is 3. The van der Waals surface area contributed by atoms with E-state index >= 15 is 0 Å². The summed E-state index contributed by atoms with van der Waals surface area (Å²) < 4.78 is 0. The molecule has 1 atom stereocenters. The van der Waals surface area contributed by atoms with Gasteiger partial charge in [-0.2, -0.15) is 10.2 Å². The average molecular weight is 273 g/mol. The standard InChI is InChI=1S/C13H15N5O2/c1-9-11(13(20)18-16-9)4-5-12(19)17-15-8-10-3-2-6-14-7-10/h2-3,6-8,11H,4-5H2,1H3,(H,17,19)(H,18,20). The van der Waals surface area contributed by atoms with E-state index in [4.69, 9.17) is 0 Å². The van der Waals surface area contributed by atoms with Crippen LogP contribution in [0.25, 0.3) is 0 Å². The topological polar surface area (TPSA) is 95.8 Å². The van der Waals surface area contributed by atoms with E-state index in [0.717, 1.165) is 5.56 Å². The maximum atomic E-state index is 11.6. The predicted molar refractivity (Wildman–Crippen MR) is 73.9 cm³/mol. The molecular weight excluding hydrogens is 258 g/mol. The third kappa shape index (κ3) is 3.71. The zero-order chi connectivity index (χ0) is 14.4. The molecule has 1 aromatic heterocycles. The van der Waals surface area contributed by atoms with Gasteiger partial charge in [0.1, 0.15) is 0 Å². The Morgan fingerprint density at radius 1 is 1.60 bits per heavy atom. The number of pyridine rings is 1. The van der Waals surface area contributed by atoms with Crippen molar-refractivity contribution in [3.05, 3.63) is 30.1 Å². The molecule has 0 fully saturated rings. The lowest BCUT2D eigenvalue weighted by Gasteiger charge is -2.06. The zero-order valence-electron chi connectivity index (χ0n) is 11.0. The van der Waals surface area contributed by atoms with Gasteiger partial charge in [0.15, 0.2) is 0 Å². The van der Waals surface area contributed by atoms with Crippen molar-refractivity contribution < 1.29 is 9.59 Å². The van der Waals surface area contributed by atoms with Crippen molar-refractivity contribution in [3.63, 3.8) is 0 Å². The molecule has 0 radical (unpaired) electrons. The number of nitrogens with one attached hydrogen (secondary N) is 2. The van der Waals surface area contributed by atoms with E-state index in [2.05, 4.69) is 26.0 Å². The molecule has 0 aliphatic carbocycles. The number of carbonyl (C=O) groups is 2. The van der Waals surface area contributed by atoms with Gasteiger partial charge >= 0.3 is 0 Å². The van der Waals surface area contributed by atoms with E-state index in [1.54, 1.807) is 25.4 Å². The second-order valence-electron chi connectivity index (χ2n) is 4.40. The predicted octanol–water partition coefficient (Wildman–Crippen LogP) is 0.434. The lowest BCUT2D eigenvalue weighted by molar-refractivity contribution is -0.123. The molecule has 7 heteroatoms. The third-order valence-corrected chi connectivity index (χ3v) is 2.91. The summed E-state index contributed by atoms with van der Waals surface area (Å²) in [6.07, 6.45) is 5.45. The fourth-order valence-corrected chi connectivity index (χ4v) is 1.79. The highest BCUT2D eigenvalue weighted by molar-refractivity contribution is 6.07. The molecule has 1 unspecified atom stereocenters. The maximum absolute atomic E-state index is 11.6. The van der Waals surface area contributed by atoms with Gasteiger partial charge in [-0.15, -0.1) is 0 Å². The lowest BCUT2D eigenvalue weighted by Crippen LogP contribution is -2.25. The van der Waals surface area contributed by atoms with Crippen molar-refractivity contribution in [1.29, 1.82) is 0 Å². The van der Waals surface area contributed by atoms with Crippen molar-refractivity contribution in [2.45, 2.75) is 19.8 Å². The van der Waals surface area contributed by atoms with Crippen LogP contribution in [0.1, 0.15) is 25.3 Å². The van der Waals surface area contributed by atoms with Crippen LogP contribution in [-0.4, -0.2) is 28.7 Å². The molecule has 0 saturated carbocycles. The highest BCUT2D eigenvalue weighted by Gasteiger charge is 2.26. The van der Waals surface area contributed by atoms with Crippen LogP contribution in [0.3, 0.4) is 0 Å². The number of hydrogen-bond acceptors (Lipinski definition) is 5. The van der Waals surface area contributed by atoms with E-state index in [1.807, 2.05) is 6.07 Å². The lowest BCUT2D eigenvalue weighted by atomic mass is 9.99. The first-order chi connectivity index (χ1) is 9.66. The first-order valence-corrected chi connectivity index (χ1v) is 6.23. The summed E-state index contributed by atoms with van der Waals surface area (Å²) in [6, 6.07) is 3.61. The molecule has 2 N–H and O–H groups in total. The molecule has 1 aromatic rings. The Morgan fingerprint density at radius 2 is 2.45 bits per heavy atom. The average Bonchev–Trinajstić information content (AvgIpc) is 2.77. The fourth-order valence-electron chi connectivity index (χ4n) is 1.79. The van der Waals surface area contributed by atoms with Crippen LogP contribution in [-0.2, 0) is 9.59 Å². The van der Waals surface area contributed by atoms with Gasteiger partial charge in [0.05, 0.1) is 12.1 Å². The second kappa shape index (κ2) is 6.55. The summed E-state index contributed by atoms with van der Waals surface area (Å²) in [5.41, 5.74) is 6.31.